The van der Waals surface area contributed by atoms with Crippen LogP contribution in [-0.4, -0.2) is 79.7 Å². The molecule has 32 heavy (non-hydrogen) atoms. The van der Waals surface area contributed by atoms with Crippen LogP contribution in [0.15, 0.2) is 35.1 Å². The molecule has 7 N–H and O–H groups in total. The van der Waals surface area contributed by atoms with E-state index in [9.17, 15) is 39.9 Å². The highest BCUT2D eigenvalue weighted by Gasteiger charge is 2.68. The molecule has 0 saturated heterocycles. The highest BCUT2D eigenvalue weighted by Crippen LogP contribution is 2.55. The molecule has 0 heterocycles. The van der Waals surface area contributed by atoms with Gasteiger partial charge >= 0.3 is 0 Å². The van der Waals surface area contributed by atoms with Gasteiger partial charge in [0.15, 0.2) is 11.4 Å². The Morgan fingerprint density at radius 2 is 1.78 bits per heavy atom. The number of ketones is 2. The zero-order valence-electron chi connectivity index (χ0n) is 17.6. The molecule has 1 saturated carbocycles. The van der Waals surface area contributed by atoms with Crippen LogP contribution in [0.4, 0.5) is 0 Å². The lowest BCUT2D eigenvalue weighted by Gasteiger charge is -2.53. The molecule has 0 aromatic heterocycles. The van der Waals surface area contributed by atoms with Crippen molar-refractivity contribution in [3.8, 4) is 5.75 Å². The molecule has 3 aliphatic carbocycles. The van der Waals surface area contributed by atoms with E-state index in [0.29, 0.717) is 5.56 Å². The predicted molar refractivity (Wildman–Crippen MR) is 110 cm³/mol. The quantitative estimate of drug-likeness (QED) is 0.327. The number of fused-ring (bicyclic) bond motifs is 3. The normalized spacial score (nSPS) is 34.4. The monoisotopic (exact) mass is 444 g/mol. The second-order valence-corrected chi connectivity index (χ2v) is 8.79. The van der Waals surface area contributed by atoms with Gasteiger partial charge in [0, 0.05) is 11.5 Å². The van der Waals surface area contributed by atoms with E-state index in [0.717, 1.165) is 0 Å². The fourth-order valence-corrected chi connectivity index (χ4v) is 5.58. The minimum Gasteiger partial charge on any atom is -0.508 e. The van der Waals surface area contributed by atoms with Gasteiger partial charge in [0.05, 0.1) is 23.6 Å². The third-order valence-corrected chi connectivity index (χ3v) is 6.99. The Labute approximate surface area is 182 Å². The molecule has 10 heteroatoms. The Balaban J connectivity index is 2.07. The molecule has 0 radical (unpaired) electrons. The van der Waals surface area contributed by atoms with E-state index >= 15 is 0 Å². The number of aliphatic hydroxyl groups is 4. The number of carbonyl (C=O) groups is 3. The van der Waals surface area contributed by atoms with E-state index in [-0.39, 0.29) is 11.3 Å². The Bertz CT molecular complexity index is 1140. The average molecular weight is 444 g/mol. The Kier molecular flexibility index (Phi) is 4.74. The van der Waals surface area contributed by atoms with Gasteiger partial charge in [-0.3, -0.25) is 19.3 Å². The summed E-state index contributed by atoms with van der Waals surface area (Å²) in [4.78, 5) is 40.0. The third kappa shape index (κ3) is 2.48. The molecule has 1 fully saturated rings. The number of carbonyl (C=O) groups excluding carboxylic acids is 3. The Morgan fingerprint density at radius 1 is 1.16 bits per heavy atom. The summed E-state index contributed by atoms with van der Waals surface area (Å²) in [5.41, 5.74) is 1.47. The summed E-state index contributed by atoms with van der Waals surface area (Å²) < 4.78 is 0. The molecule has 6 atom stereocenters. The van der Waals surface area contributed by atoms with Gasteiger partial charge in [-0.15, -0.1) is 0 Å². The van der Waals surface area contributed by atoms with Crippen molar-refractivity contribution >= 4 is 23.2 Å². The molecule has 0 unspecified atom stereocenters. The number of nitrogens with two attached hydrogens (primary N) is 1. The van der Waals surface area contributed by atoms with Crippen LogP contribution in [0.5, 0.6) is 5.75 Å². The van der Waals surface area contributed by atoms with E-state index in [2.05, 4.69) is 0 Å². The number of primary amides is 1. The molecule has 170 valence electrons. The topological polar surface area (TPSA) is 182 Å². The van der Waals surface area contributed by atoms with Crippen LogP contribution in [0.3, 0.4) is 0 Å². The van der Waals surface area contributed by atoms with E-state index in [1.807, 2.05) is 0 Å². The number of aliphatic hydroxyl groups excluding tert-OH is 3. The third-order valence-electron chi connectivity index (χ3n) is 6.99. The molecular weight excluding hydrogens is 420 g/mol. The van der Waals surface area contributed by atoms with Gasteiger partial charge in [0.25, 0.3) is 5.91 Å². The van der Waals surface area contributed by atoms with Crippen LogP contribution in [0, 0.1) is 11.8 Å². The number of phenols is 1. The molecule has 0 spiro atoms. The van der Waals surface area contributed by atoms with Gasteiger partial charge in [0.1, 0.15) is 22.8 Å². The number of benzene rings is 1. The summed E-state index contributed by atoms with van der Waals surface area (Å²) in [7, 11) is 2.92. The van der Waals surface area contributed by atoms with Gasteiger partial charge in [-0.25, -0.2) is 0 Å². The second kappa shape index (κ2) is 6.89. The number of hydrogen-bond donors (Lipinski definition) is 6. The maximum absolute atomic E-state index is 13.7. The number of hydrogen-bond acceptors (Lipinski definition) is 9. The maximum atomic E-state index is 13.7. The van der Waals surface area contributed by atoms with Crippen LogP contribution in [-0.2, 0) is 14.4 Å². The molecule has 10 nitrogen and oxygen atoms in total. The van der Waals surface area contributed by atoms with Crippen molar-refractivity contribution in [1.82, 2.24) is 4.90 Å². The van der Waals surface area contributed by atoms with E-state index in [4.69, 9.17) is 5.73 Å². The molecule has 1 aromatic carbocycles. The molecule has 0 aliphatic heterocycles. The number of phenolic OH excluding ortho intramolecular Hbond substituents is 1. The van der Waals surface area contributed by atoms with Crippen LogP contribution >= 0.6 is 0 Å². The average Bonchev–Trinajstić information content (AvgIpc) is 2.70. The Hall–Kier alpha value is -3.21. The number of amides is 1. The highest BCUT2D eigenvalue weighted by atomic mass is 16.4. The number of rotatable bonds is 2. The first-order chi connectivity index (χ1) is 14.9. The summed E-state index contributed by atoms with van der Waals surface area (Å²) in [5.74, 6) is -8.87. The van der Waals surface area contributed by atoms with Gasteiger partial charge in [-0.2, -0.15) is 0 Å². The molecule has 1 amide bonds. The Morgan fingerprint density at radius 3 is 2.34 bits per heavy atom. The SMILES string of the molecule is C[C@H]1c2cccc(O)c2C(O)=C2C(=O)[C@@]3(O)C(O)=C(C(N)=O)C(=O)[C@H](N(C)C)[C@H]3[C@H](O)[C@H]21. The summed E-state index contributed by atoms with van der Waals surface area (Å²) in [5, 5.41) is 54.9. The van der Waals surface area contributed by atoms with Crippen molar-refractivity contribution in [3.63, 3.8) is 0 Å². The molecular formula is C22H24N2O8. The lowest BCUT2D eigenvalue weighted by atomic mass is 9.54. The predicted octanol–water partition coefficient (Wildman–Crippen LogP) is -0.504. The fraction of sp³-hybridized carbons (Fsp3) is 0.409. The van der Waals surface area contributed by atoms with Gasteiger partial charge in [0.2, 0.25) is 5.78 Å². The van der Waals surface area contributed by atoms with Crippen molar-refractivity contribution in [2.45, 2.75) is 30.6 Å². The summed E-state index contributed by atoms with van der Waals surface area (Å²) in [6, 6.07) is 3.13. The van der Waals surface area contributed by atoms with Crippen LogP contribution in [0.25, 0.3) is 5.76 Å². The maximum Gasteiger partial charge on any atom is 0.255 e. The first-order valence-corrected chi connectivity index (χ1v) is 10.0. The van der Waals surface area contributed by atoms with Gasteiger partial charge < -0.3 is 31.3 Å². The van der Waals surface area contributed by atoms with Crippen LogP contribution in [0.1, 0.15) is 24.0 Å². The van der Waals surface area contributed by atoms with Crippen molar-refractivity contribution in [1.29, 1.82) is 0 Å². The van der Waals surface area contributed by atoms with Crippen molar-refractivity contribution in [2.75, 3.05) is 14.1 Å². The zero-order valence-corrected chi connectivity index (χ0v) is 17.6. The first-order valence-electron chi connectivity index (χ1n) is 10.0. The number of aromatic hydroxyl groups is 1. The minimum atomic E-state index is -2.89. The van der Waals surface area contributed by atoms with Crippen LogP contribution in [0.2, 0.25) is 0 Å². The largest absolute Gasteiger partial charge is 0.508 e. The number of likely N-dealkylation sites (N-methyl/N-ethyl adjacent to an activating group) is 1. The van der Waals surface area contributed by atoms with Crippen LogP contribution < -0.4 is 5.73 Å². The number of nitrogens with zero attached hydrogens (tertiary/aromatic N) is 1. The highest BCUT2D eigenvalue weighted by molar-refractivity contribution is 6.24. The molecule has 1 aromatic rings. The van der Waals surface area contributed by atoms with Crippen molar-refractivity contribution < 1.29 is 39.9 Å². The van der Waals surface area contributed by atoms with Gasteiger partial charge in [-0.1, -0.05) is 19.1 Å². The molecule has 0 bridgehead atoms. The van der Waals surface area contributed by atoms with E-state index < -0.39 is 75.6 Å². The van der Waals surface area contributed by atoms with Gasteiger partial charge in [-0.05, 0) is 31.6 Å². The fourth-order valence-electron chi connectivity index (χ4n) is 5.58. The number of Topliss-reactive ketones (excluding diaryl/α,β-unsaturated/α-hetero) is 2. The lowest BCUT2D eigenvalue weighted by molar-refractivity contribution is -0.169. The standard InChI is InChI=1S/C22H24N2O8/c1-7-8-5-4-6-9(25)11(8)16(26)12-10(7)17(27)14-15(24(2)3)18(28)13(21(23)31)20(30)22(14,32)19(12)29/h4-7,10,14-15,17,25-27,30,32H,1-3H3,(H2,23,31)/t7-,10-,14-,15+,17+,22+/m0/s1. The first kappa shape index (κ1) is 22.0. The molecule has 4 rings (SSSR count). The zero-order chi connectivity index (χ0) is 23.9. The van der Waals surface area contributed by atoms with E-state index in [1.54, 1.807) is 19.1 Å². The molecule has 3 aliphatic rings. The smallest absolute Gasteiger partial charge is 0.255 e. The summed E-state index contributed by atoms with van der Waals surface area (Å²) >= 11 is 0. The summed E-state index contributed by atoms with van der Waals surface area (Å²) in [6.07, 6.45) is -1.59. The van der Waals surface area contributed by atoms with Crippen molar-refractivity contribution in [2.24, 2.45) is 17.6 Å². The minimum absolute atomic E-state index is 0.0245. The van der Waals surface area contributed by atoms with Crippen molar-refractivity contribution in [3.05, 3.63) is 46.2 Å². The van der Waals surface area contributed by atoms with E-state index in [1.165, 1.54) is 25.1 Å². The lowest BCUT2D eigenvalue weighted by Crippen LogP contribution is -2.70. The summed E-state index contributed by atoms with van der Waals surface area (Å²) in [6.45, 7) is 1.68. The second-order valence-electron chi connectivity index (χ2n) is 8.79.